The maximum absolute atomic E-state index is 12.7. The molecule has 0 fully saturated rings. The molecule has 0 saturated carbocycles. The molecule has 0 aliphatic carbocycles. The average Bonchev–Trinajstić information content (AvgIpc) is 2.55. The van der Waals surface area contributed by atoms with Crippen LogP contribution in [0.5, 0.6) is 0 Å². The lowest BCUT2D eigenvalue weighted by atomic mass is 9.99. The zero-order valence-electron chi connectivity index (χ0n) is 11.5. The van der Waals surface area contributed by atoms with Gasteiger partial charge in [-0.2, -0.15) is 5.26 Å². The van der Waals surface area contributed by atoms with Crippen LogP contribution in [0.1, 0.15) is 32.7 Å². The number of ketones is 1. The van der Waals surface area contributed by atoms with Gasteiger partial charge in [0.25, 0.3) is 5.91 Å². The molecule has 1 amide bonds. The molecule has 1 aliphatic heterocycles. The molecule has 2 aromatic rings. The van der Waals surface area contributed by atoms with Gasteiger partial charge in [0.1, 0.15) is 0 Å². The number of carbonyl (C=O) groups excluding carboxylic acids is 2. The van der Waals surface area contributed by atoms with Gasteiger partial charge in [0, 0.05) is 29.1 Å². The molecule has 4 nitrogen and oxygen atoms in total. The molecule has 1 heterocycles. The Balaban J connectivity index is 2.03. The van der Waals surface area contributed by atoms with Crippen molar-refractivity contribution in [3.8, 4) is 6.07 Å². The van der Waals surface area contributed by atoms with Crippen molar-refractivity contribution in [2.24, 2.45) is 0 Å². The lowest BCUT2D eigenvalue weighted by Gasteiger charge is -2.29. The molecule has 0 saturated heterocycles. The zero-order chi connectivity index (χ0) is 15.7. The molecule has 0 radical (unpaired) electrons. The minimum absolute atomic E-state index is 0.0210. The lowest BCUT2D eigenvalue weighted by molar-refractivity contribution is 0.0955. The summed E-state index contributed by atoms with van der Waals surface area (Å²) in [6, 6.07) is 13.5. The fraction of sp³-hybridized carbons (Fsp3) is 0.118. The van der Waals surface area contributed by atoms with Crippen LogP contribution >= 0.6 is 11.6 Å². The Morgan fingerprint density at radius 1 is 1.23 bits per heavy atom. The summed E-state index contributed by atoms with van der Waals surface area (Å²) < 4.78 is 0. The smallest absolute Gasteiger partial charge is 0.258 e. The highest BCUT2D eigenvalue weighted by molar-refractivity contribution is 6.31. The first-order valence-electron chi connectivity index (χ1n) is 6.75. The molecule has 22 heavy (non-hydrogen) atoms. The van der Waals surface area contributed by atoms with Gasteiger partial charge in [-0.3, -0.25) is 9.59 Å². The van der Waals surface area contributed by atoms with Crippen LogP contribution in [0.15, 0.2) is 42.5 Å². The van der Waals surface area contributed by atoms with E-state index in [2.05, 4.69) is 0 Å². The van der Waals surface area contributed by atoms with Crippen LogP contribution in [0.3, 0.4) is 0 Å². The Morgan fingerprint density at radius 2 is 2.05 bits per heavy atom. The van der Waals surface area contributed by atoms with Crippen LogP contribution in [-0.2, 0) is 0 Å². The first kappa shape index (κ1) is 14.3. The van der Waals surface area contributed by atoms with E-state index < -0.39 is 0 Å². The summed E-state index contributed by atoms with van der Waals surface area (Å²) in [5.41, 5.74) is 1.88. The first-order valence-corrected chi connectivity index (χ1v) is 7.13. The summed E-state index contributed by atoms with van der Waals surface area (Å²) in [6.07, 6.45) is 0.261. The molecule has 5 heteroatoms. The highest BCUT2D eigenvalue weighted by atomic mass is 35.5. The molecule has 0 unspecified atom stereocenters. The Bertz CT molecular complexity index is 824. The maximum atomic E-state index is 12.7. The number of fused-ring (bicyclic) bond motifs is 1. The second-order valence-electron chi connectivity index (χ2n) is 4.98. The van der Waals surface area contributed by atoms with E-state index in [0.717, 1.165) is 0 Å². The largest absolute Gasteiger partial charge is 0.307 e. The van der Waals surface area contributed by atoms with Crippen LogP contribution < -0.4 is 4.90 Å². The number of hydrogen-bond donors (Lipinski definition) is 0. The molecule has 0 N–H and O–H groups in total. The quantitative estimate of drug-likeness (QED) is 0.810. The molecular formula is C17H11ClN2O2. The Labute approximate surface area is 132 Å². The van der Waals surface area contributed by atoms with Crippen molar-refractivity contribution >= 4 is 29.0 Å². The summed E-state index contributed by atoms with van der Waals surface area (Å²) in [4.78, 5) is 26.3. The van der Waals surface area contributed by atoms with Crippen LogP contribution in [-0.4, -0.2) is 18.2 Å². The zero-order valence-corrected chi connectivity index (χ0v) is 12.3. The van der Waals surface area contributed by atoms with E-state index in [1.54, 1.807) is 47.4 Å². The van der Waals surface area contributed by atoms with Crippen LogP contribution in [0.2, 0.25) is 5.02 Å². The normalized spacial score (nSPS) is 13.5. The van der Waals surface area contributed by atoms with E-state index in [0.29, 0.717) is 33.9 Å². The monoisotopic (exact) mass is 310 g/mol. The third-order valence-electron chi connectivity index (χ3n) is 3.60. The topological polar surface area (TPSA) is 61.2 Å². The van der Waals surface area contributed by atoms with Gasteiger partial charge in [-0.25, -0.2) is 0 Å². The molecule has 1 aliphatic rings. The number of nitriles is 1. The highest BCUT2D eigenvalue weighted by Gasteiger charge is 2.28. The van der Waals surface area contributed by atoms with E-state index in [4.69, 9.17) is 16.9 Å². The number of rotatable bonds is 1. The average molecular weight is 311 g/mol. The van der Waals surface area contributed by atoms with Crippen molar-refractivity contribution < 1.29 is 9.59 Å². The second-order valence-corrected chi connectivity index (χ2v) is 5.42. The molecule has 0 atom stereocenters. The Kier molecular flexibility index (Phi) is 3.66. The minimum Gasteiger partial charge on any atom is -0.307 e. The summed E-state index contributed by atoms with van der Waals surface area (Å²) >= 11 is 5.93. The summed E-state index contributed by atoms with van der Waals surface area (Å²) in [7, 11) is 0. The Hall–Kier alpha value is -2.64. The van der Waals surface area contributed by atoms with Gasteiger partial charge in [-0.15, -0.1) is 0 Å². The molecule has 0 spiro atoms. The number of amides is 1. The molecule has 108 valence electrons. The third kappa shape index (κ3) is 2.47. The predicted octanol–water partition coefficient (Wildman–Crippen LogP) is 3.44. The van der Waals surface area contributed by atoms with Crippen molar-refractivity contribution in [2.45, 2.75) is 6.42 Å². The number of Topliss-reactive ketones (excluding diaryl/α,β-unsaturated/α-hetero) is 1. The van der Waals surface area contributed by atoms with Crippen molar-refractivity contribution in [1.29, 1.82) is 5.26 Å². The molecule has 0 aromatic heterocycles. The molecular weight excluding hydrogens is 300 g/mol. The van der Waals surface area contributed by atoms with Crippen LogP contribution in [0.4, 0.5) is 5.69 Å². The summed E-state index contributed by atoms with van der Waals surface area (Å²) in [5.74, 6) is -0.250. The van der Waals surface area contributed by atoms with Gasteiger partial charge < -0.3 is 4.90 Å². The van der Waals surface area contributed by atoms with Gasteiger partial charge in [0.15, 0.2) is 5.78 Å². The molecule has 2 aromatic carbocycles. The standard InChI is InChI=1S/C17H11ClN2O2/c18-13-4-5-15-14(9-13)16(21)6-7-20(15)17(22)12-3-1-2-11(8-12)10-19/h1-5,8-9H,6-7H2. The molecule has 3 rings (SSSR count). The predicted molar refractivity (Wildman–Crippen MR) is 83.2 cm³/mol. The molecule has 0 bridgehead atoms. The van der Waals surface area contributed by atoms with E-state index in [9.17, 15) is 9.59 Å². The van der Waals surface area contributed by atoms with Gasteiger partial charge in [0.2, 0.25) is 0 Å². The summed E-state index contributed by atoms with van der Waals surface area (Å²) in [6.45, 7) is 0.323. The number of nitrogens with zero attached hydrogens (tertiary/aromatic N) is 2. The lowest BCUT2D eigenvalue weighted by Crippen LogP contribution is -2.37. The second kappa shape index (κ2) is 5.63. The van der Waals surface area contributed by atoms with Crippen molar-refractivity contribution in [3.05, 3.63) is 64.2 Å². The van der Waals surface area contributed by atoms with E-state index in [-0.39, 0.29) is 18.1 Å². The fourth-order valence-corrected chi connectivity index (χ4v) is 2.70. The van der Waals surface area contributed by atoms with E-state index >= 15 is 0 Å². The maximum Gasteiger partial charge on any atom is 0.258 e. The SMILES string of the molecule is N#Cc1cccc(C(=O)N2CCC(=O)c3cc(Cl)ccc32)c1. The highest BCUT2D eigenvalue weighted by Crippen LogP contribution is 2.30. The van der Waals surface area contributed by atoms with Gasteiger partial charge in [-0.1, -0.05) is 17.7 Å². The number of benzene rings is 2. The van der Waals surface area contributed by atoms with E-state index in [1.807, 2.05) is 6.07 Å². The fourth-order valence-electron chi connectivity index (χ4n) is 2.52. The van der Waals surface area contributed by atoms with Crippen molar-refractivity contribution in [1.82, 2.24) is 0 Å². The van der Waals surface area contributed by atoms with Crippen molar-refractivity contribution in [2.75, 3.05) is 11.4 Å². The van der Waals surface area contributed by atoms with Gasteiger partial charge >= 0.3 is 0 Å². The third-order valence-corrected chi connectivity index (χ3v) is 3.83. The minimum atomic E-state index is -0.229. The van der Waals surface area contributed by atoms with Crippen LogP contribution in [0.25, 0.3) is 0 Å². The number of hydrogen-bond acceptors (Lipinski definition) is 3. The number of halogens is 1. The van der Waals surface area contributed by atoms with Crippen LogP contribution in [0, 0.1) is 11.3 Å². The summed E-state index contributed by atoms with van der Waals surface area (Å²) in [5, 5.41) is 9.41. The van der Waals surface area contributed by atoms with Gasteiger partial charge in [0.05, 0.1) is 17.3 Å². The first-order chi connectivity index (χ1) is 10.6. The van der Waals surface area contributed by atoms with E-state index in [1.165, 1.54) is 0 Å². The van der Waals surface area contributed by atoms with Gasteiger partial charge in [-0.05, 0) is 36.4 Å². The number of anilines is 1. The Morgan fingerprint density at radius 3 is 2.82 bits per heavy atom. The van der Waals surface area contributed by atoms with Crippen molar-refractivity contribution in [3.63, 3.8) is 0 Å². The number of carbonyl (C=O) groups is 2.